The maximum absolute atomic E-state index is 11.4. The Morgan fingerprint density at radius 2 is 2.06 bits per heavy atom. The van der Waals surface area contributed by atoms with Crippen molar-refractivity contribution in [1.82, 2.24) is 9.97 Å². The number of hydrogen-bond acceptors (Lipinski definition) is 5. The summed E-state index contributed by atoms with van der Waals surface area (Å²) in [6.07, 6.45) is 4.84. The second-order valence-electron chi connectivity index (χ2n) is 3.51. The Labute approximate surface area is 105 Å². The summed E-state index contributed by atoms with van der Waals surface area (Å²) in [5.74, 6) is 0.338. The van der Waals surface area contributed by atoms with Crippen molar-refractivity contribution in [1.29, 1.82) is 0 Å². The molecule has 2 aromatic rings. The standard InChI is InChI=1S/C13H13N3O2/c1-2-18-13(17)10-3-5-11(6-4-10)16-12-9-14-7-8-15-12/h3-9H,2H2,1H3,(H,15,16). The summed E-state index contributed by atoms with van der Waals surface area (Å²) in [7, 11) is 0. The van der Waals surface area contributed by atoms with Gasteiger partial charge in [0.25, 0.3) is 0 Å². The molecule has 0 aliphatic rings. The second kappa shape index (κ2) is 5.77. The van der Waals surface area contributed by atoms with Gasteiger partial charge < -0.3 is 10.1 Å². The lowest BCUT2D eigenvalue weighted by Gasteiger charge is -2.06. The van der Waals surface area contributed by atoms with Gasteiger partial charge in [-0.1, -0.05) is 0 Å². The minimum Gasteiger partial charge on any atom is -0.462 e. The average Bonchev–Trinajstić information content (AvgIpc) is 2.41. The largest absolute Gasteiger partial charge is 0.462 e. The van der Waals surface area contributed by atoms with Crippen LogP contribution in [0.15, 0.2) is 42.9 Å². The lowest BCUT2D eigenvalue weighted by atomic mass is 10.2. The van der Waals surface area contributed by atoms with Crippen molar-refractivity contribution in [3.05, 3.63) is 48.4 Å². The maximum Gasteiger partial charge on any atom is 0.338 e. The van der Waals surface area contributed by atoms with E-state index in [4.69, 9.17) is 4.74 Å². The van der Waals surface area contributed by atoms with Gasteiger partial charge in [-0.25, -0.2) is 9.78 Å². The lowest BCUT2D eigenvalue weighted by Crippen LogP contribution is -2.04. The summed E-state index contributed by atoms with van der Waals surface area (Å²) in [5.41, 5.74) is 1.37. The van der Waals surface area contributed by atoms with Crippen LogP contribution in [-0.4, -0.2) is 22.5 Å². The molecular formula is C13H13N3O2. The van der Waals surface area contributed by atoms with E-state index < -0.39 is 0 Å². The van der Waals surface area contributed by atoms with Crippen molar-refractivity contribution in [2.24, 2.45) is 0 Å². The molecule has 0 bridgehead atoms. The van der Waals surface area contributed by atoms with Crippen molar-refractivity contribution >= 4 is 17.5 Å². The number of carbonyl (C=O) groups excluding carboxylic acids is 1. The number of nitrogens with zero attached hydrogens (tertiary/aromatic N) is 2. The van der Waals surface area contributed by atoms with Crippen molar-refractivity contribution in [3.63, 3.8) is 0 Å². The molecule has 2 rings (SSSR count). The number of hydrogen-bond donors (Lipinski definition) is 1. The fourth-order valence-corrected chi connectivity index (χ4v) is 1.42. The highest BCUT2D eigenvalue weighted by atomic mass is 16.5. The second-order valence-corrected chi connectivity index (χ2v) is 3.51. The van der Waals surface area contributed by atoms with Crippen LogP contribution in [0, 0.1) is 0 Å². The number of carbonyl (C=O) groups is 1. The van der Waals surface area contributed by atoms with Gasteiger partial charge in [-0.15, -0.1) is 0 Å². The highest BCUT2D eigenvalue weighted by molar-refractivity contribution is 5.89. The van der Waals surface area contributed by atoms with E-state index >= 15 is 0 Å². The molecule has 0 saturated heterocycles. The number of benzene rings is 1. The third-order valence-electron chi connectivity index (χ3n) is 2.23. The topological polar surface area (TPSA) is 64.1 Å². The Hall–Kier alpha value is -2.43. The third kappa shape index (κ3) is 3.04. The molecule has 1 aromatic carbocycles. The van der Waals surface area contributed by atoms with E-state index in [1.54, 1.807) is 49.8 Å². The normalized spacial score (nSPS) is 9.83. The minimum atomic E-state index is -0.316. The monoisotopic (exact) mass is 243 g/mol. The van der Waals surface area contributed by atoms with Crippen LogP contribution >= 0.6 is 0 Å². The zero-order valence-electron chi connectivity index (χ0n) is 9.96. The van der Waals surface area contributed by atoms with E-state index in [9.17, 15) is 4.79 Å². The summed E-state index contributed by atoms with van der Waals surface area (Å²) < 4.78 is 4.90. The van der Waals surface area contributed by atoms with Gasteiger partial charge in [0.05, 0.1) is 18.4 Å². The average molecular weight is 243 g/mol. The molecule has 0 fully saturated rings. The smallest absolute Gasteiger partial charge is 0.338 e. The molecule has 0 spiro atoms. The number of aromatic nitrogens is 2. The van der Waals surface area contributed by atoms with Crippen LogP contribution in [0.25, 0.3) is 0 Å². The van der Waals surface area contributed by atoms with Gasteiger partial charge in [0.15, 0.2) is 0 Å². The molecule has 0 unspecified atom stereocenters. The molecule has 0 atom stereocenters. The van der Waals surface area contributed by atoms with Crippen LogP contribution in [0.3, 0.4) is 0 Å². The summed E-state index contributed by atoms with van der Waals surface area (Å²) in [4.78, 5) is 19.5. The first-order chi connectivity index (χ1) is 8.79. The first kappa shape index (κ1) is 12.0. The fourth-order valence-electron chi connectivity index (χ4n) is 1.42. The number of ether oxygens (including phenoxy) is 1. The van der Waals surface area contributed by atoms with Gasteiger partial charge in [0, 0.05) is 18.1 Å². The Balaban J connectivity index is 2.06. The molecule has 5 nitrogen and oxygen atoms in total. The molecule has 5 heteroatoms. The highest BCUT2D eigenvalue weighted by Crippen LogP contribution is 2.14. The molecule has 1 N–H and O–H groups in total. The number of esters is 1. The molecule has 0 amide bonds. The van der Waals surface area contributed by atoms with E-state index in [-0.39, 0.29) is 5.97 Å². The van der Waals surface area contributed by atoms with E-state index in [1.807, 2.05) is 0 Å². The van der Waals surface area contributed by atoms with Crippen LogP contribution in [0.1, 0.15) is 17.3 Å². The zero-order chi connectivity index (χ0) is 12.8. The quantitative estimate of drug-likeness (QED) is 0.835. The van der Waals surface area contributed by atoms with Crippen molar-refractivity contribution in [3.8, 4) is 0 Å². The van der Waals surface area contributed by atoms with E-state index in [1.165, 1.54) is 0 Å². The van der Waals surface area contributed by atoms with Crippen LogP contribution in [-0.2, 0) is 4.74 Å². The Morgan fingerprint density at radius 3 is 2.67 bits per heavy atom. The molecule has 1 heterocycles. The third-order valence-corrected chi connectivity index (χ3v) is 2.23. The van der Waals surface area contributed by atoms with Crippen LogP contribution < -0.4 is 5.32 Å². The molecule has 0 radical (unpaired) electrons. The van der Waals surface area contributed by atoms with Gasteiger partial charge >= 0.3 is 5.97 Å². The summed E-state index contributed by atoms with van der Waals surface area (Å²) in [6.45, 7) is 2.15. The highest BCUT2D eigenvalue weighted by Gasteiger charge is 2.05. The fraction of sp³-hybridized carbons (Fsp3) is 0.154. The molecular weight excluding hydrogens is 230 g/mol. The lowest BCUT2D eigenvalue weighted by molar-refractivity contribution is 0.0526. The van der Waals surface area contributed by atoms with E-state index in [2.05, 4.69) is 15.3 Å². The number of nitrogens with one attached hydrogen (secondary N) is 1. The summed E-state index contributed by atoms with van der Waals surface area (Å²) in [5, 5.41) is 3.08. The molecule has 0 aliphatic heterocycles. The SMILES string of the molecule is CCOC(=O)c1ccc(Nc2cnccn2)cc1. The Kier molecular flexibility index (Phi) is 3.86. The minimum absolute atomic E-state index is 0.316. The summed E-state index contributed by atoms with van der Waals surface area (Å²) >= 11 is 0. The number of anilines is 2. The van der Waals surface area contributed by atoms with Crippen LogP contribution in [0.2, 0.25) is 0 Å². The molecule has 92 valence electrons. The van der Waals surface area contributed by atoms with Crippen molar-refractivity contribution < 1.29 is 9.53 Å². The molecule has 0 aliphatic carbocycles. The molecule has 18 heavy (non-hydrogen) atoms. The van der Waals surface area contributed by atoms with E-state index in [0.717, 1.165) is 5.69 Å². The number of rotatable bonds is 4. The predicted octanol–water partition coefficient (Wildman–Crippen LogP) is 2.40. The van der Waals surface area contributed by atoms with Gasteiger partial charge in [0.1, 0.15) is 5.82 Å². The van der Waals surface area contributed by atoms with Crippen LogP contribution in [0.4, 0.5) is 11.5 Å². The Bertz CT molecular complexity index is 512. The molecule has 1 aromatic heterocycles. The first-order valence-corrected chi connectivity index (χ1v) is 5.60. The van der Waals surface area contributed by atoms with Gasteiger partial charge in [-0.05, 0) is 31.2 Å². The van der Waals surface area contributed by atoms with E-state index in [0.29, 0.717) is 18.0 Å². The van der Waals surface area contributed by atoms with Crippen LogP contribution in [0.5, 0.6) is 0 Å². The van der Waals surface area contributed by atoms with Gasteiger partial charge in [0.2, 0.25) is 0 Å². The predicted molar refractivity (Wildman–Crippen MR) is 67.7 cm³/mol. The van der Waals surface area contributed by atoms with Crippen molar-refractivity contribution in [2.45, 2.75) is 6.92 Å². The van der Waals surface area contributed by atoms with Gasteiger partial charge in [-0.3, -0.25) is 4.98 Å². The zero-order valence-corrected chi connectivity index (χ0v) is 9.96. The molecule has 0 saturated carbocycles. The maximum atomic E-state index is 11.4. The van der Waals surface area contributed by atoms with Crippen molar-refractivity contribution in [2.75, 3.05) is 11.9 Å². The Morgan fingerprint density at radius 1 is 1.28 bits per heavy atom. The summed E-state index contributed by atoms with van der Waals surface area (Å²) in [6, 6.07) is 7.00. The first-order valence-electron chi connectivity index (χ1n) is 5.60. The van der Waals surface area contributed by atoms with Gasteiger partial charge in [-0.2, -0.15) is 0 Å².